The standard InChI is InChI=1S/C12H15F13OSi/c1-26-27(6-3-9(15,16)17,7-4-10(18,19)20)5-2-8(13,14)11(21,22)12(23,24)25/h2-7H2,1H3. The first kappa shape index (κ1) is 26.3. The maximum Gasteiger partial charge on any atom is 0.459 e. The van der Waals surface area contributed by atoms with Gasteiger partial charge in [-0.25, -0.2) is 0 Å². The third-order valence-corrected chi connectivity index (χ3v) is 8.22. The minimum Gasteiger partial charge on any atom is -0.420 e. The van der Waals surface area contributed by atoms with E-state index in [0.717, 1.165) is 0 Å². The number of hydrogen-bond acceptors (Lipinski definition) is 1. The number of halogens is 13. The van der Waals surface area contributed by atoms with Crippen LogP contribution in [0, 0.1) is 0 Å². The second-order valence-corrected chi connectivity index (χ2v) is 10.2. The summed E-state index contributed by atoms with van der Waals surface area (Å²) >= 11 is 0. The number of alkyl halides is 13. The van der Waals surface area contributed by atoms with Gasteiger partial charge in [-0.15, -0.1) is 0 Å². The van der Waals surface area contributed by atoms with Crippen LogP contribution in [0.25, 0.3) is 0 Å². The van der Waals surface area contributed by atoms with E-state index >= 15 is 0 Å². The van der Waals surface area contributed by atoms with Crippen molar-refractivity contribution in [1.29, 1.82) is 0 Å². The number of rotatable bonds is 9. The van der Waals surface area contributed by atoms with Gasteiger partial charge in [0.1, 0.15) is 0 Å². The average Bonchev–Trinajstić information content (AvgIpc) is 2.44. The Morgan fingerprint density at radius 1 is 0.593 bits per heavy atom. The van der Waals surface area contributed by atoms with E-state index in [0.29, 0.717) is 7.11 Å². The van der Waals surface area contributed by atoms with Crippen LogP contribution in [0.3, 0.4) is 0 Å². The molecule has 0 aliphatic carbocycles. The Morgan fingerprint density at radius 2 is 0.926 bits per heavy atom. The summed E-state index contributed by atoms with van der Waals surface area (Å²) in [5, 5.41) is 0. The van der Waals surface area contributed by atoms with E-state index in [1.165, 1.54) is 0 Å². The van der Waals surface area contributed by atoms with Gasteiger partial charge in [0, 0.05) is 26.4 Å². The van der Waals surface area contributed by atoms with Crippen LogP contribution in [0.5, 0.6) is 0 Å². The van der Waals surface area contributed by atoms with Gasteiger partial charge in [0.05, 0.1) is 0 Å². The van der Waals surface area contributed by atoms with Gasteiger partial charge in [0.25, 0.3) is 0 Å². The SMILES string of the molecule is CO[Si](CCC(F)(F)F)(CCC(F)(F)F)CCC(F)(F)C(F)(F)C(F)(F)F. The quantitative estimate of drug-likeness (QED) is 0.280. The summed E-state index contributed by atoms with van der Waals surface area (Å²) in [6.07, 6.45) is -22.2. The normalized spacial score (nSPS) is 15.3. The second kappa shape index (κ2) is 8.33. The van der Waals surface area contributed by atoms with Crippen LogP contribution in [0.2, 0.25) is 18.1 Å². The van der Waals surface area contributed by atoms with Crippen LogP contribution < -0.4 is 0 Å². The molecule has 0 saturated heterocycles. The van der Waals surface area contributed by atoms with Gasteiger partial charge in [-0.05, 0) is 18.1 Å². The molecule has 0 bridgehead atoms. The first-order valence-corrected chi connectivity index (χ1v) is 9.72. The lowest BCUT2D eigenvalue weighted by molar-refractivity contribution is -0.354. The van der Waals surface area contributed by atoms with Gasteiger partial charge >= 0.3 is 30.4 Å². The highest BCUT2D eigenvalue weighted by atomic mass is 28.4. The summed E-state index contributed by atoms with van der Waals surface area (Å²) < 4.78 is 167. The molecule has 1 nitrogen and oxygen atoms in total. The minimum atomic E-state index is -6.65. The zero-order valence-corrected chi connectivity index (χ0v) is 14.6. The van der Waals surface area contributed by atoms with Crippen molar-refractivity contribution in [2.24, 2.45) is 0 Å². The average molecular weight is 450 g/mol. The molecule has 0 rings (SSSR count). The van der Waals surface area contributed by atoms with Crippen molar-refractivity contribution in [3.8, 4) is 0 Å². The molecule has 0 atom stereocenters. The summed E-state index contributed by atoms with van der Waals surface area (Å²) in [6.45, 7) is 0. The zero-order valence-electron chi connectivity index (χ0n) is 13.6. The van der Waals surface area contributed by atoms with Crippen LogP contribution in [0.4, 0.5) is 57.1 Å². The van der Waals surface area contributed by atoms with E-state index in [1.54, 1.807) is 0 Å². The van der Waals surface area contributed by atoms with E-state index in [1.807, 2.05) is 0 Å². The number of hydrogen-bond donors (Lipinski definition) is 0. The summed E-state index contributed by atoms with van der Waals surface area (Å²) in [6, 6.07) is -3.80. The molecule has 27 heavy (non-hydrogen) atoms. The lowest BCUT2D eigenvalue weighted by Gasteiger charge is -2.34. The third kappa shape index (κ3) is 8.03. The fourth-order valence-corrected chi connectivity index (χ4v) is 5.78. The van der Waals surface area contributed by atoms with Crippen molar-refractivity contribution >= 4 is 8.32 Å². The summed E-state index contributed by atoms with van der Waals surface area (Å²) in [5.74, 6) is -12.2. The molecule has 0 aliphatic rings. The van der Waals surface area contributed by atoms with E-state index < -0.39 is 76.1 Å². The van der Waals surface area contributed by atoms with Gasteiger partial charge < -0.3 is 4.43 Å². The molecule has 0 radical (unpaired) electrons. The Labute approximate surface area is 146 Å². The molecule has 0 spiro atoms. The maximum atomic E-state index is 13.4. The van der Waals surface area contributed by atoms with Crippen molar-refractivity contribution in [2.75, 3.05) is 7.11 Å². The fourth-order valence-electron chi connectivity index (χ4n) is 2.17. The van der Waals surface area contributed by atoms with Gasteiger partial charge in [0.15, 0.2) is 8.32 Å². The van der Waals surface area contributed by atoms with E-state index in [2.05, 4.69) is 4.43 Å². The van der Waals surface area contributed by atoms with Gasteiger partial charge in [-0.3, -0.25) is 0 Å². The van der Waals surface area contributed by atoms with Crippen LogP contribution in [-0.2, 0) is 4.43 Å². The summed E-state index contributed by atoms with van der Waals surface area (Å²) in [7, 11) is -3.73. The molecule has 164 valence electrons. The monoisotopic (exact) mass is 450 g/mol. The molecule has 0 N–H and O–H groups in total. The maximum absolute atomic E-state index is 13.4. The highest BCUT2D eigenvalue weighted by Gasteiger charge is 2.72. The molecule has 0 fully saturated rings. The third-order valence-electron chi connectivity index (χ3n) is 3.87. The largest absolute Gasteiger partial charge is 0.459 e. The molecule has 0 saturated carbocycles. The fraction of sp³-hybridized carbons (Fsp3) is 1.00. The van der Waals surface area contributed by atoms with Crippen LogP contribution >= 0.6 is 0 Å². The Bertz CT molecular complexity index is 447. The highest BCUT2D eigenvalue weighted by Crippen LogP contribution is 2.50. The molecular formula is C12H15F13OSi. The predicted molar refractivity (Wildman–Crippen MR) is 69.1 cm³/mol. The Hall–Kier alpha value is -0.733. The highest BCUT2D eigenvalue weighted by molar-refractivity contribution is 6.73. The molecule has 0 aliphatic heterocycles. The minimum absolute atomic E-state index is 0.624. The first-order valence-electron chi connectivity index (χ1n) is 7.19. The van der Waals surface area contributed by atoms with E-state index in [-0.39, 0.29) is 0 Å². The van der Waals surface area contributed by atoms with Gasteiger partial charge in [0.2, 0.25) is 0 Å². The van der Waals surface area contributed by atoms with Crippen LogP contribution in [-0.4, -0.2) is 45.8 Å². The van der Waals surface area contributed by atoms with Crippen LogP contribution in [0.1, 0.15) is 19.3 Å². The molecule has 0 aromatic carbocycles. The molecule has 0 amide bonds. The Balaban J connectivity index is 5.50. The van der Waals surface area contributed by atoms with E-state index in [9.17, 15) is 57.1 Å². The molecule has 0 heterocycles. The smallest absolute Gasteiger partial charge is 0.420 e. The Kier molecular flexibility index (Phi) is 8.10. The molecule has 15 heteroatoms. The van der Waals surface area contributed by atoms with Crippen LogP contribution in [0.15, 0.2) is 0 Å². The molecular weight excluding hydrogens is 435 g/mol. The lowest BCUT2D eigenvalue weighted by atomic mass is 10.1. The van der Waals surface area contributed by atoms with E-state index in [4.69, 9.17) is 0 Å². The summed E-state index contributed by atoms with van der Waals surface area (Å²) in [5.41, 5.74) is 0. The molecule has 0 aromatic heterocycles. The Morgan fingerprint density at radius 3 is 1.19 bits per heavy atom. The lowest BCUT2D eigenvalue weighted by Crippen LogP contribution is -2.53. The first-order chi connectivity index (χ1) is 11.7. The van der Waals surface area contributed by atoms with Crippen molar-refractivity contribution in [3.05, 3.63) is 0 Å². The van der Waals surface area contributed by atoms with Crippen molar-refractivity contribution in [1.82, 2.24) is 0 Å². The topological polar surface area (TPSA) is 9.23 Å². The predicted octanol–water partition coefficient (Wildman–Crippen LogP) is 6.71. The van der Waals surface area contributed by atoms with Gasteiger partial charge in [-0.1, -0.05) is 0 Å². The molecule has 0 aromatic rings. The van der Waals surface area contributed by atoms with Crippen molar-refractivity contribution in [2.45, 2.75) is 67.8 Å². The molecule has 0 unspecified atom stereocenters. The van der Waals surface area contributed by atoms with Crippen molar-refractivity contribution in [3.63, 3.8) is 0 Å². The summed E-state index contributed by atoms with van der Waals surface area (Å²) in [4.78, 5) is 0. The zero-order chi connectivity index (χ0) is 21.9. The van der Waals surface area contributed by atoms with Gasteiger partial charge in [-0.2, -0.15) is 57.1 Å². The van der Waals surface area contributed by atoms with Crippen molar-refractivity contribution < 1.29 is 61.5 Å². The second-order valence-electron chi connectivity index (χ2n) is 5.89.